The van der Waals surface area contributed by atoms with Crippen LogP contribution in [0.3, 0.4) is 0 Å². The van der Waals surface area contributed by atoms with E-state index in [0.29, 0.717) is 5.56 Å². The van der Waals surface area contributed by atoms with E-state index in [-0.39, 0.29) is 5.91 Å². The van der Waals surface area contributed by atoms with Gasteiger partial charge in [0.2, 0.25) is 0 Å². The molecule has 0 spiro atoms. The highest BCUT2D eigenvalue weighted by Crippen LogP contribution is 2.19. The second-order valence-electron chi connectivity index (χ2n) is 5.68. The number of amides is 1. The highest BCUT2D eigenvalue weighted by Gasteiger charge is 2.06. The van der Waals surface area contributed by atoms with E-state index in [1.807, 2.05) is 55.5 Å². The molecule has 0 aliphatic heterocycles. The van der Waals surface area contributed by atoms with Gasteiger partial charge in [0, 0.05) is 22.6 Å². The van der Waals surface area contributed by atoms with Crippen molar-refractivity contribution in [2.75, 3.05) is 10.6 Å². The van der Waals surface area contributed by atoms with Gasteiger partial charge in [0.1, 0.15) is 0 Å². The summed E-state index contributed by atoms with van der Waals surface area (Å²) in [5, 5.41) is 6.31. The van der Waals surface area contributed by atoms with Crippen LogP contribution in [0.1, 0.15) is 28.8 Å². The van der Waals surface area contributed by atoms with E-state index in [1.54, 1.807) is 0 Å². The molecule has 0 heterocycles. The molecule has 23 heavy (non-hydrogen) atoms. The van der Waals surface area contributed by atoms with Crippen molar-refractivity contribution in [3.8, 4) is 0 Å². The number of aryl methyl sites for hydroxylation is 1. The number of rotatable bonds is 4. The fourth-order valence-electron chi connectivity index (χ4n) is 2.44. The van der Waals surface area contributed by atoms with Crippen LogP contribution in [0.15, 0.2) is 72.5 Å². The molecule has 0 unspecified atom stereocenters. The summed E-state index contributed by atoms with van der Waals surface area (Å²) in [4.78, 5) is 12.2. The molecule has 0 saturated heterocycles. The zero-order chi connectivity index (χ0) is 16.1. The Bertz CT molecular complexity index is 740. The Hall–Kier alpha value is -2.81. The molecule has 116 valence electrons. The third-order valence-corrected chi connectivity index (χ3v) is 3.78. The van der Waals surface area contributed by atoms with Gasteiger partial charge in [-0.05, 0) is 62.2 Å². The van der Waals surface area contributed by atoms with Crippen LogP contribution >= 0.6 is 0 Å². The summed E-state index contributed by atoms with van der Waals surface area (Å²) in [5.74, 6) is -0.0918. The Kier molecular flexibility index (Phi) is 4.57. The van der Waals surface area contributed by atoms with Crippen LogP contribution in [0.25, 0.3) is 0 Å². The standard InChI is InChI=1S/C20H20N2O/c1-15-7-9-16(10-8-15)20(23)22-19-13-11-18(12-14-19)21-17-5-3-2-4-6-17/h2-3,5,7-14,21H,4,6H2,1H3,(H,22,23). The summed E-state index contributed by atoms with van der Waals surface area (Å²) >= 11 is 0. The first kappa shape index (κ1) is 15.1. The second-order valence-corrected chi connectivity index (χ2v) is 5.68. The highest BCUT2D eigenvalue weighted by atomic mass is 16.1. The molecule has 1 aliphatic rings. The first-order chi connectivity index (χ1) is 11.2. The maximum absolute atomic E-state index is 12.2. The number of hydrogen-bond acceptors (Lipinski definition) is 2. The summed E-state index contributed by atoms with van der Waals surface area (Å²) in [7, 11) is 0. The SMILES string of the molecule is Cc1ccc(C(=O)Nc2ccc(NC3=CC=CCC3)cc2)cc1. The lowest BCUT2D eigenvalue weighted by molar-refractivity contribution is 0.102. The van der Waals surface area contributed by atoms with Gasteiger partial charge < -0.3 is 10.6 Å². The Morgan fingerprint density at radius 3 is 2.30 bits per heavy atom. The summed E-state index contributed by atoms with van der Waals surface area (Å²) in [6, 6.07) is 15.3. The van der Waals surface area contributed by atoms with Crippen molar-refractivity contribution in [3.05, 3.63) is 83.6 Å². The molecule has 2 N–H and O–H groups in total. The molecule has 3 rings (SSSR count). The zero-order valence-corrected chi connectivity index (χ0v) is 13.2. The number of anilines is 2. The molecule has 1 aliphatic carbocycles. The Balaban J connectivity index is 1.63. The topological polar surface area (TPSA) is 41.1 Å². The third-order valence-electron chi connectivity index (χ3n) is 3.78. The molecule has 0 radical (unpaired) electrons. The number of allylic oxidation sites excluding steroid dienone is 4. The largest absolute Gasteiger partial charge is 0.359 e. The lowest BCUT2D eigenvalue weighted by atomic mass is 10.1. The maximum atomic E-state index is 12.2. The van der Waals surface area contributed by atoms with E-state index in [4.69, 9.17) is 0 Å². The molecule has 1 amide bonds. The summed E-state index contributed by atoms with van der Waals surface area (Å²) in [5.41, 5.74) is 4.84. The summed E-state index contributed by atoms with van der Waals surface area (Å²) < 4.78 is 0. The van der Waals surface area contributed by atoms with E-state index in [2.05, 4.69) is 28.9 Å². The molecule has 0 bridgehead atoms. The van der Waals surface area contributed by atoms with E-state index in [9.17, 15) is 4.79 Å². The van der Waals surface area contributed by atoms with Gasteiger partial charge in [0.05, 0.1) is 0 Å². The van der Waals surface area contributed by atoms with Crippen molar-refractivity contribution in [2.24, 2.45) is 0 Å². The quantitative estimate of drug-likeness (QED) is 0.844. The predicted molar refractivity (Wildman–Crippen MR) is 95.7 cm³/mol. The minimum atomic E-state index is -0.0918. The van der Waals surface area contributed by atoms with Crippen LogP contribution in [0.2, 0.25) is 0 Å². The number of hydrogen-bond donors (Lipinski definition) is 2. The first-order valence-corrected chi connectivity index (χ1v) is 7.81. The monoisotopic (exact) mass is 304 g/mol. The van der Waals surface area contributed by atoms with Crippen LogP contribution in [0, 0.1) is 6.92 Å². The highest BCUT2D eigenvalue weighted by molar-refractivity contribution is 6.04. The van der Waals surface area contributed by atoms with Gasteiger partial charge >= 0.3 is 0 Å². The number of benzene rings is 2. The van der Waals surface area contributed by atoms with Crippen LogP contribution < -0.4 is 10.6 Å². The Labute approximate surface area is 136 Å². The van der Waals surface area contributed by atoms with Gasteiger partial charge in [0.25, 0.3) is 5.91 Å². The Morgan fingerprint density at radius 1 is 0.957 bits per heavy atom. The molecular formula is C20H20N2O. The van der Waals surface area contributed by atoms with E-state index in [1.165, 1.54) is 5.70 Å². The molecule has 0 atom stereocenters. The molecule has 2 aromatic carbocycles. The molecule has 3 heteroatoms. The van der Waals surface area contributed by atoms with E-state index in [0.717, 1.165) is 29.8 Å². The molecule has 0 saturated carbocycles. The van der Waals surface area contributed by atoms with Crippen LogP contribution in [0.5, 0.6) is 0 Å². The summed E-state index contributed by atoms with van der Waals surface area (Å²) in [6.45, 7) is 2.00. The molecule has 2 aromatic rings. The normalized spacial score (nSPS) is 13.3. The second kappa shape index (κ2) is 6.97. The van der Waals surface area contributed by atoms with Gasteiger partial charge in [-0.1, -0.05) is 29.8 Å². The average Bonchev–Trinajstić information content (AvgIpc) is 2.58. The van der Waals surface area contributed by atoms with Crippen molar-refractivity contribution in [1.29, 1.82) is 0 Å². The minimum Gasteiger partial charge on any atom is -0.359 e. The number of carbonyl (C=O) groups is 1. The van der Waals surface area contributed by atoms with Crippen molar-refractivity contribution < 1.29 is 4.79 Å². The fraction of sp³-hybridized carbons (Fsp3) is 0.150. The minimum absolute atomic E-state index is 0.0918. The smallest absolute Gasteiger partial charge is 0.255 e. The van der Waals surface area contributed by atoms with Gasteiger partial charge in [-0.25, -0.2) is 0 Å². The molecule has 0 aromatic heterocycles. The predicted octanol–water partition coefficient (Wildman–Crippen LogP) is 4.89. The first-order valence-electron chi connectivity index (χ1n) is 7.81. The van der Waals surface area contributed by atoms with Gasteiger partial charge in [-0.15, -0.1) is 0 Å². The molecule has 0 fully saturated rings. The van der Waals surface area contributed by atoms with Crippen molar-refractivity contribution in [2.45, 2.75) is 19.8 Å². The molecular weight excluding hydrogens is 284 g/mol. The molecule has 3 nitrogen and oxygen atoms in total. The fourth-order valence-corrected chi connectivity index (χ4v) is 2.44. The Morgan fingerprint density at radius 2 is 1.65 bits per heavy atom. The van der Waals surface area contributed by atoms with Crippen LogP contribution in [-0.4, -0.2) is 5.91 Å². The number of carbonyl (C=O) groups excluding carboxylic acids is 1. The van der Waals surface area contributed by atoms with E-state index >= 15 is 0 Å². The van der Waals surface area contributed by atoms with Gasteiger partial charge in [-0.3, -0.25) is 4.79 Å². The van der Waals surface area contributed by atoms with Crippen molar-refractivity contribution in [3.63, 3.8) is 0 Å². The maximum Gasteiger partial charge on any atom is 0.255 e. The van der Waals surface area contributed by atoms with E-state index < -0.39 is 0 Å². The third kappa shape index (κ3) is 4.10. The zero-order valence-electron chi connectivity index (χ0n) is 13.2. The van der Waals surface area contributed by atoms with Gasteiger partial charge in [-0.2, -0.15) is 0 Å². The van der Waals surface area contributed by atoms with Crippen molar-refractivity contribution >= 4 is 17.3 Å². The van der Waals surface area contributed by atoms with Gasteiger partial charge in [0.15, 0.2) is 0 Å². The van der Waals surface area contributed by atoms with Crippen molar-refractivity contribution in [1.82, 2.24) is 0 Å². The lowest BCUT2D eigenvalue weighted by Gasteiger charge is -2.13. The lowest BCUT2D eigenvalue weighted by Crippen LogP contribution is -2.11. The number of nitrogens with one attached hydrogen (secondary N) is 2. The summed E-state index contributed by atoms with van der Waals surface area (Å²) in [6.07, 6.45) is 8.43. The van der Waals surface area contributed by atoms with Crippen LogP contribution in [-0.2, 0) is 0 Å². The average molecular weight is 304 g/mol. The van der Waals surface area contributed by atoms with Crippen LogP contribution in [0.4, 0.5) is 11.4 Å².